The van der Waals surface area contributed by atoms with Crippen molar-refractivity contribution in [3.63, 3.8) is 0 Å². The van der Waals surface area contributed by atoms with Gasteiger partial charge in [-0.1, -0.05) is 24.3 Å². The molecular weight excluding hydrogens is 487 g/mol. The van der Waals surface area contributed by atoms with E-state index >= 15 is 0 Å². The van der Waals surface area contributed by atoms with Gasteiger partial charge in [0.2, 0.25) is 5.91 Å². The Bertz CT molecular complexity index is 1400. The number of nitrogens with zero attached hydrogens (tertiary/aromatic N) is 2. The van der Waals surface area contributed by atoms with Gasteiger partial charge in [0.25, 0.3) is 5.91 Å². The van der Waals surface area contributed by atoms with Gasteiger partial charge < -0.3 is 25.5 Å². The molecule has 4 rings (SSSR count). The normalized spacial score (nSPS) is 13.7. The van der Waals surface area contributed by atoms with Gasteiger partial charge in [-0.3, -0.25) is 14.4 Å². The average Bonchev–Trinajstić information content (AvgIpc) is 3.17. The number of hydrogen-bond donors (Lipinski definition) is 3. The molecule has 0 unspecified atom stereocenters. The third kappa shape index (κ3) is 6.07. The summed E-state index contributed by atoms with van der Waals surface area (Å²) in [6.07, 6.45) is -0.121. The highest BCUT2D eigenvalue weighted by atomic mass is 19.1. The second-order valence-corrected chi connectivity index (χ2v) is 9.31. The molecule has 0 spiro atoms. The Labute approximate surface area is 220 Å². The van der Waals surface area contributed by atoms with Crippen LogP contribution in [-0.2, 0) is 20.8 Å². The summed E-state index contributed by atoms with van der Waals surface area (Å²) in [4.78, 5) is 40.1. The van der Waals surface area contributed by atoms with Crippen molar-refractivity contribution in [2.45, 2.75) is 13.3 Å². The molecule has 0 saturated heterocycles. The van der Waals surface area contributed by atoms with E-state index in [0.29, 0.717) is 52.4 Å². The summed E-state index contributed by atoms with van der Waals surface area (Å²) < 4.78 is 13.8. The lowest BCUT2D eigenvalue weighted by Gasteiger charge is -2.23. The van der Waals surface area contributed by atoms with Gasteiger partial charge in [0.05, 0.1) is 23.4 Å². The summed E-state index contributed by atoms with van der Waals surface area (Å²) >= 11 is 0. The number of anilines is 3. The third-order valence-corrected chi connectivity index (χ3v) is 6.17. The molecule has 2 amide bonds. The Hall–Kier alpha value is -4.50. The first-order valence-corrected chi connectivity index (χ1v) is 12.1. The molecule has 0 aromatic heterocycles. The summed E-state index contributed by atoms with van der Waals surface area (Å²) in [6, 6.07) is 18.3. The van der Waals surface area contributed by atoms with E-state index in [4.69, 9.17) is 5.11 Å². The highest BCUT2D eigenvalue weighted by Crippen LogP contribution is 2.38. The second-order valence-electron chi connectivity index (χ2n) is 9.31. The SMILES string of the molecule is CC(=O)N(CCN(C)C)c1ccc(N/C(=C2\C(=O)Nc3cc(F)ccc32)c2ccc(CC(=O)O)cc2)cc1. The van der Waals surface area contributed by atoms with E-state index in [-0.39, 0.29) is 18.2 Å². The van der Waals surface area contributed by atoms with Crippen molar-refractivity contribution in [3.05, 3.63) is 89.2 Å². The molecule has 0 fully saturated rings. The number of likely N-dealkylation sites (N-methyl/N-ethyl adjacent to an activating group) is 1. The van der Waals surface area contributed by atoms with Crippen molar-refractivity contribution in [2.24, 2.45) is 0 Å². The number of halogens is 1. The van der Waals surface area contributed by atoms with E-state index in [9.17, 15) is 18.8 Å². The van der Waals surface area contributed by atoms with Crippen molar-refractivity contribution in [1.29, 1.82) is 0 Å². The lowest BCUT2D eigenvalue weighted by atomic mass is 9.98. The van der Waals surface area contributed by atoms with Crippen LogP contribution >= 0.6 is 0 Å². The largest absolute Gasteiger partial charge is 0.481 e. The Morgan fingerprint density at radius 1 is 0.974 bits per heavy atom. The number of carbonyl (C=O) groups is 3. The summed E-state index contributed by atoms with van der Waals surface area (Å²) in [5.74, 6) is -1.85. The number of benzene rings is 3. The third-order valence-electron chi connectivity index (χ3n) is 6.17. The van der Waals surface area contributed by atoms with Gasteiger partial charge >= 0.3 is 5.97 Å². The van der Waals surface area contributed by atoms with E-state index in [1.165, 1.54) is 19.1 Å². The molecule has 0 aliphatic carbocycles. The van der Waals surface area contributed by atoms with Gasteiger partial charge in [0.1, 0.15) is 5.82 Å². The van der Waals surface area contributed by atoms with Gasteiger partial charge in [-0.05, 0) is 67.7 Å². The molecule has 0 bridgehead atoms. The number of carboxylic acid groups (broad SMARTS) is 1. The van der Waals surface area contributed by atoms with E-state index in [0.717, 1.165) is 5.69 Å². The predicted octanol–water partition coefficient (Wildman–Crippen LogP) is 4.30. The quantitative estimate of drug-likeness (QED) is 0.367. The molecule has 1 aliphatic rings. The van der Waals surface area contributed by atoms with Crippen LogP contribution in [0.25, 0.3) is 11.3 Å². The average molecular weight is 517 g/mol. The zero-order chi connectivity index (χ0) is 27.4. The Morgan fingerprint density at radius 3 is 2.26 bits per heavy atom. The standard InChI is InChI=1S/C29H29FN4O4/c1-18(35)34(15-14-33(2)3)23-11-9-22(10-12-23)31-28(20-6-4-19(5-7-20)16-26(36)37)27-24-13-8-21(30)17-25(24)32-29(27)38/h4-13,17,31H,14-16H2,1-3H3,(H,32,38)(H,36,37)/b28-27-. The van der Waals surface area contributed by atoms with Crippen LogP contribution in [0.3, 0.4) is 0 Å². The first-order valence-electron chi connectivity index (χ1n) is 12.1. The number of aliphatic carboxylic acids is 1. The number of amides is 2. The van der Waals surface area contributed by atoms with Crippen LogP contribution in [0.15, 0.2) is 66.7 Å². The summed E-state index contributed by atoms with van der Waals surface area (Å²) in [5, 5.41) is 15.1. The van der Waals surface area contributed by atoms with E-state index in [1.807, 2.05) is 43.3 Å². The lowest BCUT2D eigenvalue weighted by Crippen LogP contribution is -2.35. The maximum absolute atomic E-state index is 13.8. The molecule has 8 nitrogen and oxygen atoms in total. The number of nitrogens with one attached hydrogen (secondary N) is 2. The zero-order valence-electron chi connectivity index (χ0n) is 21.4. The van der Waals surface area contributed by atoms with Crippen LogP contribution in [0.4, 0.5) is 21.5 Å². The van der Waals surface area contributed by atoms with E-state index in [2.05, 4.69) is 10.6 Å². The number of carbonyl (C=O) groups excluding carboxylic acids is 2. The molecule has 9 heteroatoms. The molecule has 1 aliphatic heterocycles. The van der Waals surface area contributed by atoms with Crippen molar-refractivity contribution < 1.29 is 23.9 Å². The molecule has 3 aromatic rings. The Morgan fingerprint density at radius 2 is 1.66 bits per heavy atom. The van der Waals surface area contributed by atoms with E-state index < -0.39 is 11.8 Å². The zero-order valence-corrected chi connectivity index (χ0v) is 21.4. The Balaban J connectivity index is 1.72. The minimum absolute atomic E-state index is 0.0664. The van der Waals surface area contributed by atoms with Crippen LogP contribution in [0.2, 0.25) is 0 Å². The predicted molar refractivity (Wildman–Crippen MR) is 146 cm³/mol. The minimum Gasteiger partial charge on any atom is -0.481 e. The molecule has 1 heterocycles. The molecule has 38 heavy (non-hydrogen) atoms. The van der Waals surface area contributed by atoms with Gasteiger partial charge in [-0.15, -0.1) is 0 Å². The number of carboxylic acids is 1. The minimum atomic E-state index is -0.939. The van der Waals surface area contributed by atoms with Crippen LogP contribution in [0.5, 0.6) is 0 Å². The fourth-order valence-electron chi connectivity index (χ4n) is 4.27. The van der Waals surface area contributed by atoms with E-state index in [1.54, 1.807) is 35.2 Å². The number of fused-ring (bicyclic) bond motifs is 1. The topological polar surface area (TPSA) is 102 Å². The maximum atomic E-state index is 13.8. The summed E-state index contributed by atoms with van der Waals surface area (Å²) in [6.45, 7) is 2.78. The second kappa shape index (κ2) is 11.3. The smallest absolute Gasteiger partial charge is 0.307 e. The van der Waals surface area contributed by atoms with Crippen molar-refractivity contribution in [1.82, 2.24) is 4.90 Å². The van der Waals surface area contributed by atoms with Gasteiger partial charge in [-0.2, -0.15) is 0 Å². The van der Waals surface area contributed by atoms with Crippen LogP contribution in [-0.4, -0.2) is 55.0 Å². The summed E-state index contributed by atoms with van der Waals surface area (Å²) in [5.41, 5.74) is 4.45. The van der Waals surface area contributed by atoms with Crippen molar-refractivity contribution in [2.75, 3.05) is 42.7 Å². The molecule has 3 N–H and O–H groups in total. The number of rotatable bonds is 9. The van der Waals surface area contributed by atoms with Crippen molar-refractivity contribution >= 4 is 46.1 Å². The van der Waals surface area contributed by atoms with Gasteiger partial charge in [0.15, 0.2) is 0 Å². The molecule has 3 aromatic carbocycles. The summed E-state index contributed by atoms with van der Waals surface area (Å²) in [7, 11) is 3.89. The molecule has 196 valence electrons. The van der Waals surface area contributed by atoms with Gasteiger partial charge in [0, 0.05) is 37.0 Å². The monoisotopic (exact) mass is 516 g/mol. The maximum Gasteiger partial charge on any atom is 0.307 e. The molecular formula is C29H29FN4O4. The van der Waals surface area contributed by atoms with Gasteiger partial charge in [-0.25, -0.2) is 4.39 Å². The fraction of sp³-hybridized carbons (Fsp3) is 0.207. The Kier molecular flexibility index (Phi) is 7.87. The highest BCUT2D eigenvalue weighted by Gasteiger charge is 2.29. The fourth-order valence-corrected chi connectivity index (χ4v) is 4.27. The first kappa shape index (κ1) is 26.6. The highest BCUT2D eigenvalue weighted by molar-refractivity contribution is 6.37. The van der Waals surface area contributed by atoms with Crippen molar-refractivity contribution in [3.8, 4) is 0 Å². The lowest BCUT2D eigenvalue weighted by molar-refractivity contribution is -0.136. The molecule has 0 atom stereocenters. The van der Waals surface area contributed by atoms with Crippen LogP contribution in [0, 0.1) is 5.82 Å². The van der Waals surface area contributed by atoms with Crippen LogP contribution < -0.4 is 15.5 Å². The molecule has 0 saturated carbocycles. The molecule has 0 radical (unpaired) electrons. The first-order chi connectivity index (χ1) is 18.1. The number of hydrogen-bond acceptors (Lipinski definition) is 5. The van der Waals surface area contributed by atoms with Crippen LogP contribution in [0.1, 0.15) is 23.6 Å².